The number of barbiturate groups is 1. The zero-order valence-electron chi connectivity index (χ0n) is 14.9. The lowest BCUT2D eigenvalue weighted by Gasteiger charge is -2.29. The molecule has 0 bridgehead atoms. The Labute approximate surface area is 156 Å². The van der Waals surface area contributed by atoms with Crippen molar-refractivity contribution in [2.75, 3.05) is 6.54 Å². The number of benzene rings is 1. The molecule has 1 aromatic carbocycles. The topological polar surface area (TPSA) is 105 Å². The minimum atomic E-state index is -1.13. The molecule has 7 nitrogen and oxygen atoms in total. The summed E-state index contributed by atoms with van der Waals surface area (Å²) in [5.41, 5.74) is 6.83. The fraction of sp³-hybridized carbons (Fsp3) is 0.474. The van der Waals surface area contributed by atoms with Crippen LogP contribution in [-0.2, 0) is 16.0 Å². The summed E-state index contributed by atoms with van der Waals surface area (Å²) in [6.07, 6.45) is 5.46. The van der Waals surface area contributed by atoms with Crippen LogP contribution in [0.3, 0.4) is 0 Å². The van der Waals surface area contributed by atoms with Gasteiger partial charge in [-0.2, -0.15) is 0 Å². The second kappa shape index (κ2) is 8.39. The Balaban J connectivity index is 1.66. The normalized spacial score (nSPS) is 26.5. The molecule has 3 atom stereocenters. The summed E-state index contributed by atoms with van der Waals surface area (Å²) in [7, 11) is 0. The van der Waals surface area contributed by atoms with Gasteiger partial charge in [-0.05, 0) is 37.0 Å². The zero-order chi connectivity index (χ0) is 19.4. The molecule has 1 saturated heterocycles. The summed E-state index contributed by atoms with van der Waals surface area (Å²) in [4.78, 5) is 42.1. The second-order valence-electron chi connectivity index (χ2n) is 6.95. The Morgan fingerprint density at radius 3 is 2.59 bits per heavy atom. The summed E-state index contributed by atoms with van der Waals surface area (Å²) in [6.45, 7) is 0.0941. The van der Waals surface area contributed by atoms with Gasteiger partial charge in [-0.25, -0.2) is 9.18 Å². The zero-order valence-corrected chi connectivity index (χ0v) is 14.9. The van der Waals surface area contributed by atoms with Crippen molar-refractivity contribution in [3.63, 3.8) is 0 Å². The number of urea groups is 1. The molecule has 4 amide bonds. The molecule has 0 unspecified atom stereocenters. The number of imide groups is 2. The highest BCUT2D eigenvalue weighted by Crippen LogP contribution is 2.20. The largest absolute Gasteiger partial charge is 0.330 e. The van der Waals surface area contributed by atoms with Crippen LogP contribution in [0.1, 0.15) is 31.2 Å². The summed E-state index contributed by atoms with van der Waals surface area (Å²) in [5, 5.41) is 2.20. The van der Waals surface area contributed by atoms with E-state index in [0.29, 0.717) is 6.42 Å². The number of nitrogens with one attached hydrogen (secondary N) is 1. The van der Waals surface area contributed by atoms with E-state index in [1.54, 1.807) is 12.1 Å². The Morgan fingerprint density at radius 1 is 1.19 bits per heavy atom. The van der Waals surface area contributed by atoms with Crippen molar-refractivity contribution < 1.29 is 18.8 Å². The SMILES string of the molecule is N[C@@H]1CCCC[C@@H]1N=C[C@H]1C(=O)NC(=O)N(CCc2ccc(F)cc2)C1=O. The van der Waals surface area contributed by atoms with Crippen molar-refractivity contribution in [2.45, 2.75) is 44.2 Å². The summed E-state index contributed by atoms with van der Waals surface area (Å²) < 4.78 is 13.0. The maximum Gasteiger partial charge on any atom is 0.330 e. The molecular formula is C19H23FN4O3. The number of nitrogens with zero attached hydrogens (tertiary/aromatic N) is 2. The molecule has 8 heteroatoms. The lowest BCUT2D eigenvalue weighted by atomic mass is 9.91. The van der Waals surface area contributed by atoms with E-state index >= 15 is 0 Å². The van der Waals surface area contributed by atoms with Crippen LogP contribution in [0.5, 0.6) is 0 Å². The van der Waals surface area contributed by atoms with Crippen LogP contribution in [0.25, 0.3) is 0 Å². The molecule has 1 saturated carbocycles. The van der Waals surface area contributed by atoms with Crippen LogP contribution >= 0.6 is 0 Å². The fourth-order valence-electron chi connectivity index (χ4n) is 3.39. The van der Waals surface area contributed by atoms with Gasteiger partial charge in [0.15, 0.2) is 5.92 Å². The van der Waals surface area contributed by atoms with E-state index in [-0.39, 0.29) is 24.4 Å². The number of carbonyl (C=O) groups is 3. The molecule has 2 aliphatic rings. The van der Waals surface area contributed by atoms with Crippen molar-refractivity contribution in [3.05, 3.63) is 35.6 Å². The van der Waals surface area contributed by atoms with E-state index in [1.165, 1.54) is 18.3 Å². The molecule has 1 aliphatic carbocycles. The van der Waals surface area contributed by atoms with Crippen molar-refractivity contribution >= 4 is 24.1 Å². The molecular weight excluding hydrogens is 351 g/mol. The van der Waals surface area contributed by atoms with Crippen LogP contribution in [0.2, 0.25) is 0 Å². The first kappa shape index (κ1) is 19.2. The Morgan fingerprint density at radius 2 is 1.89 bits per heavy atom. The van der Waals surface area contributed by atoms with Crippen molar-refractivity contribution in [2.24, 2.45) is 16.6 Å². The van der Waals surface area contributed by atoms with E-state index in [2.05, 4.69) is 10.3 Å². The van der Waals surface area contributed by atoms with Crippen LogP contribution < -0.4 is 11.1 Å². The smallest absolute Gasteiger partial charge is 0.326 e. The molecule has 2 fully saturated rings. The fourth-order valence-corrected chi connectivity index (χ4v) is 3.39. The quantitative estimate of drug-likeness (QED) is 0.600. The highest BCUT2D eigenvalue weighted by Gasteiger charge is 2.39. The molecule has 1 heterocycles. The monoisotopic (exact) mass is 374 g/mol. The highest BCUT2D eigenvalue weighted by atomic mass is 19.1. The number of hydrogen-bond acceptors (Lipinski definition) is 5. The van der Waals surface area contributed by atoms with Crippen LogP contribution in [0, 0.1) is 11.7 Å². The molecule has 0 radical (unpaired) electrons. The Bertz CT molecular complexity index is 750. The van der Waals surface area contributed by atoms with Crippen LogP contribution in [0.15, 0.2) is 29.3 Å². The molecule has 144 valence electrons. The minimum absolute atomic E-state index is 0.0760. The third-order valence-electron chi connectivity index (χ3n) is 5.04. The van der Waals surface area contributed by atoms with Gasteiger partial charge < -0.3 is 5.73 Å². The third kappa shape index (κ3) is 4.57. The van der Waals surface area contributed by atoms with Crippen molar-refractivity contribution in [3.8, 4) is 0 Å². The van der Waals surface area contributed by atoms with Gasteiger partial charge in [-0.15, -0.1) is 0 Å². The molecule has 3 N–H and O–H groups in total. The van der Waals surface area contributed by atoms with Gasteiger partial charge in [0, 0.05) is 18.8 Å². The van der Waals surface area contributed by atoms with Gasteiger partial charge >= 0.3 is 6.03 Å². The van der Waals surface area contributed by atoms with Gasteiger partial charge in [-0.3, -0.25) is 24.8 Å². The summed E-state index contributed by atoms with van der Waals surface area (Å²) in [5.74, 6) is -2.76. The standard InChI is InChI=1S/C19H23FN4O3/c20-13-7-5-12(6-8-13)9-10-24-18(26)14(17(25)23-19(24)27)11-22-16-4-2-1-3-15(16)21/h5-8,11,14-16H,1-4,9-10,21H2,(H,23,25,27)/t14-,15+,16-/m0/s1. The average molecular weight is 374 g/mol. The third-order valence-corrected chi connectivity index (χ3v) is 5.04. The average Bonchev–Trinajstić information content (AvgIpc) is 2.64. The number of carbonyl (C=O) groups excluding carboxylic acids is 3. The number of aliphatic imine (C=N–C) groups is 1. The Hall–Kier alpha value is -2.61. The van der Waals surface area contributed by atoms with Gasteiger partial charge in [-0.1, -0.05) is 25.0 Å². The lowest BCUT2D eigenvalue weighted by molar-refractivity contribution is -0.139. The molecule has 1 aromatic rings. The van der Waals surface area contributed by atoms with Gasteiger partial charge in [0.1, 0.15) is 5.82 Å². The van der Waals surface area contributed by atoms with Crippen LogP contribution in [0.4, 0.5) is 9.18 Å². The van der Waals surface area contributed by atoms with Crippen molar-refractivity contribution in [1.82, 2.24) is 10.2 Å². The maximum atomic E-state index is 13.0. The maximum absolute atomic E-state index is 13.0. The van der Waals surface area contributed by atoms with Gasteiger partial charge in [0.2, 0.25) is 11.8 Å². The molecule has 27 heavy (non-hydrogen) atoms. The van der Waals surface area contributed by atoms with Crippen molar-refractivity contribution in [1.29, 1.82) is 0 Å². The minimum Gasteiger partial charge on any atom is -0.326 e. The first-order chi connectivity index (χ1) is 13.0. The summed E-state index contributed by atoms with van der Waals surface area (Å²) in [6, 6.07) is 4.90. The number of nitrogens with two attached hydrogens (primary N) is 1. The Kier molecular flexibility index (Phi) is 5.95. The van der Waals surface area contributed by atoms with Gasteiger partial charge in [0.25, 0.3) is 0 Å². The number of hydrogen-bond donors (Lipinski definition) is 2. The second-order valence-corrected chi connectivity index (χ2v) is 6.95. The van der Waals surface area contributed by atoms with Gasteiger partial charge in [0.05, 0.1) is 6.04 Å². The van der Waals surface area contributed by atoms with E-state index in [1.807, 2.05) is 0 Å². The predicted molar refractivity (Wildman–Crippen MR) is 97.6 cm³/mol. The molecule has 1 aliphatic heterocycles. The van der Waals surface area contributed by atoms with E-state index < -0.39 is 23.8 Å². The molecule has 0 aromatic heterocycles. The lowest BCUT2D eigenvalue weighted by Crippen LogP contribution is -2.58. The van der Waals surface area contributed by atoms with Crippen LogP contribution in [-0.4, -0.2) is 47.6 Å². The molecule has 3 rings (SSSR count). The van der Waals surface area contributed by atoms with E-state index in [9.17, 15) is 18.8 Å². The number of amides is 4. The first-order valence-electron chi connectivity index (χ1n) is 9.15. The number of halogens is 1. The molecule has 0 spiro atoms. The highest BCUT2D eigenvalue weighted by molar-refractivity contribution is 6.23. The van der Waals surface area contributed by atoms with E-state index in [0.717, 1.165) is 36.1 Å². The first-order valence-corrected chi connectivity index (χ1v) is 9.15. The predicted octanol–water partition coefficient (Wildman–Crippen LogP) is 1.40. The number of rotatable bonds is 5. The van der Waals surface area contributed by atoms with E-state index in [4.69, 9.17) is 5.73 Å². The summed E-state index contributed by atoms with van der Waals surface area (Å²) >= 11 is 0.